The maximum Gasteiger partial charge on any atom is 0.336 e. The summed E-state index contributed by atoms with van der Waals surface area (Å²) >= 11 is 0. The first-order valence-corrected chi connectivity index (χ1v) is 20.0. The second-order valence-corrected chi connectivity index (χ2v) is 15.3. The minimum absolute atomic E-state index is 0.123. The minimum Gasteiger partial charge on any atom is -0.478 e. The molecule has 13 nitrogen and oxygen atoms in total. The van der Waals surface area contributed by atoms with Gasteiger partial charge >= 0.3 is 5.97 Å². The van der Waals surface area contributed by atoms with Crippen LogP contribution in [-0.2, 0) is 25.9 Å². The number of rotatable bonds is 12. The van der Waals surface area contributed by atoms with Gasteiger partial charge in [-0.05, 0) is 59.7 Å². The third-order valence-corrected chi connectivity index (χ3v) is 11.2. The largest absolute Gasteiger partial charge is 0.478 e. The Morgan fingerprint density at radius 2 is 1.11 bits per heavy atom. The molecule has 4 aromatic heterocycles. The van der Waals surface area contributed by atoms with Crippen molar-refractivity contribution in [2.75, 3.05) is 39.3 Å². The van der Waals surface area contributed by atoms with Crippen molar-refractivity contribution in [3.63, 3.8) is 0 Å². The number of alkyl halides is 4. The van der Waals surface area contributed by atoms with Crippen LogP contribution in [0.4, 0.5) is 26.3 Å². The van der Waals surface area contributed by atoms with E-state index < -0.39 is 35.4 Å². The molecule has 0 atom stereocenters. The quantitative estimate of drug-likeness (QED) is 0.0772. The number of aromatic nitrogens is 6. The number of aromatic carboxylic acids is 1. The maximum absolute atomic E-state index is 14.0. The summed E-state index contributed by atoms with van der Waals surface area (Å²) in [5.41, 5.74) is 3.99. The summed E-state index contributed by atoms with van der Waals surface area (Å²) < 4.78 is 84.9. The number of carbonyl (C=O) groups is 2. The molecule has 0 saturated carbocycles. The zero-order valence-corrected chi connectivity index (χ0v) is 33.4. The van der Waals surface area contributed by atoms with Crippen LogP contribution >= 0.6 is 0 Å². The number of hydrogen-bond donors (Lipinski definition) is 2. The summed E-state index contributed by atoms with van der Waals surface area (Å²) in [5, 5.41) is 30.7. The fraction of sp³-hybridized carbons (Fsp3) is 0.372. The van der Waals surface area contributed by atoms with Gasteiger partial charge in [-0.1, -0.05) is 0 Å². The Balaban J connectivity index is 0.000000187. The van der Waals surface area contributed by atoms with Crippen LogP contribution < -0.4 is 5.32 Å². The predicted molar refractivity (Wildman–Crippen MR) is 215 cm³/mol. The lowest BCUT2D eigenvalue weighted by molar-refractivity contribution is -0.0560. The molecule has 1 amide bonds. The van der Waals surface area contributed by atoms with Gasteiger partial charge in [0.2, 0.25) is 0 Å². The Morgan fingerprint density at radius 3 is 1.55 bits per heavy atom. The lowest BCUT2D eigenvalue weighted by atomic mass is 10.0. The van der Waals surface area contributed by atoms with Crippen molar-refractivity contribution in [2.45, 2.75) is 63.5 Å². The summed E-state index contributed by atoms with van der Waals surface area (Å²) in [6.07, 6.45) is 7.26. The average Bonchev–Trinajstić information content (AvgIpc) is 3.76. The summed E-state index contributed by atoms with van der Waals surface area (Å²) in [5.74, 6) is -7.63. The minimum atomic E-state index is -2.60. The van der Waals surface area contributed by atoms with E-state index in [1.807, 2.05) is 9.80 Å². The maximum atomic E-state index is 14.0. The van der Waals surface area contributed by atoms with Gasteiger partial charge in [0.05, 0.1) is 41.1 Å². The molecule has 2 N–H and O–H groups in total. The first-order chi connectivity index (χ1) is 29.7. The van der Waals surface area contributed by atoms with Crippen LogP contribution in [0.2, 0.25) is 0 Å². The average molecular weight is 861 g/mol. The molecule has 2 saturated heterocycles. The molecule has 0 bridgehead atoms. The van der Waals surface area contributed by atoms with Crippen molar-refractivity contribution in [3.05, 3.63) is 119 Å². The second kappa shape index (κ2) is 18.7. The van der Waals surface area contributed by atoms with Crippen molar-refractivity contribution in [3.8, 4) is 6.19 Å². The normalized spacial score (nSPS) is 16.4. The SMILES string of the molecule is N#CNC(=O)c1ccncc1Cc1nn(CCN2CCC(F)(F)CC2)c2ccc(F)cc12.O=C(O)c1ccncc1Cc1nn(CCN2CCC(F)(F)CC2)c2ccc(F)cc12. The molecule has 8 rings (SSSR count). The Bertz CT molecular complexity index is 2610. The number of carboxylic acid groups (broad SMARTS) is 1. The van der Waals surface area contributed by atoms with Crippen LogP contribution in [0.15, 0.2) is 73.3 Å². The highest BCUT2D eigenvalue weighted by Crippen LogP contribution is 2.30. The van der Waals surface area contributed by atoms with Crippen LogP contribution in [-0.4, -0.2) is 107 Å². The number of hydrogen-bond acceptors (Lipinski definition) is 9. The fourth-order valence-electron chi connectivity index (χ4n) is 7.76. The van der Waals surface area contributed by atoms with E-state index in [4.69, 9.17) is 5.26 Å². The van der Waals surface area contributed by atoms with Crippen molar-refractivity contribution < 1.29 is 41.0 Å². The summed E-state index contributed by atoms with van der Waals surface area (Å²) in [4.78, 5) is 35.7. The number of pyridine rings is 2. The van der Waals surface area contributed by atoms with Crippen molar-refractivity contribution >= 4 is 33.7 Å². The Kier molecular flexibility index (Phi) is 13.2. The highest BCUT2D eigenvalue weighted by Gasteiger charge is 2.35. The lowest BCUT2D eigenvalue weighted by Gasteiger charge is -2.31. The van der Waals surface area contributed by atoms with Gasteiger partial charge in [0.15, 0.2) is 6.19 Å². The Labute approximate surface area is 351 Å². The molecule has 0 unspecified atom stereocenters. The van der Waals surface area contributed by atoms with Gasteiger partial charge in [0, 0.05) is 119 Å². The summed E-state index contributed by atoms with van der Waals surface area (Å²) in [7, 11) is 0. The zero-order chi connectivity index (χ0) is 44.0. The van der Waals surface area contributed by atoms with E-state index in [0.717, 1.165) is 11.0 Å². The van der Waals surface area contributed by atoms with Crippen LogP contribution in [0.5, 0.6) is 0 Å². The molecule has 2 aliphatic rings. The highest BCUT2D eigenvalue weighted by molar-refractivity contribution is 5.96. The number of halogens is 6. The first-order valence-electron chi connectivity index (χ1n) is 20.0. The van der Waals surface area contributed by atoms with E-state index in [1.54, 1.807) is 27.7 Å². The molecular formula is C43H42F6N10O3. The van der Waals surface area contributed by atoms with Gasteiger partial charge in [-0.3, -0.25) is 29.4 Å². The van der Waals surface area contributed by atoms with Crippen LogP contribution in [0.1, 0.15) is 68.9 Å². The standard InChI is InChI=1S/C22H21F3N6O.C21H21F3N4O2/c23-16-1-2-20-18(12-16)19(11-15-13-27-6-3-17(15)21(32)28-14-26)29-31(20)10-9-30-7-4-22(24,25)5-8-30;22-15-1-2-19-17(12-15)18(11-14-13-25-6-3-16(14)20(29)30)26-28(19)10-9-27-7-4-21(23,24)5-8-27/h1-3,6,12-13H,4-5,7-11H2,(H,28,32);1-3,6,12-13H,4-5,7-11H2,(H,29,30). The number of likely N-dealkylation sites (tertiary alicyclic amines) is 2. The number of carboxylic acids is 1. The monoisotopic (exact) mass is 860 g/mol. The summed E-state index contributed by atoms with van der Waals surface area (Å²) in [6.45, 7) is 3.32. The molecule has 0 radical (unpaired) electrons. The zero-order valence-electron chi connectivity index (χ0n) is 33.4. The smallest absolute Gasteiger partial charge is 0.336 e. The molecule has 6 heterocycles. The van der Waals surface area contributed by atoms with Crippen molar-refractivity contribution in [2.24, 2.45) is 0 Å². The molecule has 0 spiro atoms. The number of carbonyl (C=O) groups excluding carboxylic acids is 1. The van der Waals surface area contributed by atoms with Gasteiger partial charge in [0.1, 0.15) is 11.6 Å². The van der Waals surface area contributed by atoms with E-state index >= 15 is 0 Å². The van der Waals surface area contributed by atoms with Crippen molar-refractivity contribution in [1.82, 2.24) is 44.6 Å². The fourth-order valence-corrected chi connectivity index (χ4v) is 7.76. The van der Waals surface area contributed by atoms with Gasteiger partial charge in [-0.15, -0.1) is 0 Å². The van der Waals surface area contributed by atoms with Crippen LogP contribution in [0.25, 0.3) is 21.8 Å². The number of nitrogens with one attached hydrogen (secondary N) is 1. The number of piperidine rings is 2. The Hall–Kier alpha value is -6.39. The van der Waals surface area contributed by atoms with Crippen LogP contribution in [0, 0.1) is 23.1 Å². The highest BCUT2D eigenvalue weighted by atomic mass is 19.3. The molecular weight excluding hydrogens is 819 g/mol. The molecule has 0 aliphatic carbocycles. The number of benzene rings is 2. The van der Waals surface area contributed by atoms with E-state index in [-0.39, 0.29) is 49.7 Å². The molecule has 324 valence electrons. The molecule has 19 heteroatoms. The number of amides is 1. The van der Waals surface area contributed by atoms with Gasteiger partial charge in [-0.25, -0.2) is 31.1 Å². The summed E-state index contributed by atoms with van der Waals surface area (Å²) in [6, 6.07) is 11.7. The van der Waals surface area contributed by atoms with E-state index in [1.165, 1.54) is 61.2 Å². The van der Waals surface area contributed by atoms with Crippen molar-refractivity contribution in [1.29, 1.82) is 5.26 Å². The van der Waals surface area contributed by atoms with Gasteiger partial charge in [0.25, 0.3) is 17.8 Å². The predicted octanol–water partition coefficient (Wildman–Crippen LogP) is 6.69. The number of nitriles is 1. The molecule has 6 aromatic rings. The molecule has 2 aromatic carbocycles. The second-order valence-electron chi connectivity index (χ2n) is 15.3. The Morgan fingerprint density at radius 1 is 0.677 bits per heavy atom. The van der Waals surface area contributed by atoms with Gasteiger partial charge < -0.3 is 14.9 Å². The van der Waals surface area contributed by atoms with Crippen LogP contribution in [0.3, 0.4) is 0 Å². The molecule has 2 fully saturated rings. The number of nitrogens with zero attached hydrogens (tertiary/aromatic N) is 9. The first kappa shape index (κ1) is 43.7. The third kappa shape index (κ3) is 10.5. The third-order valence-electron chi connectivity index (χ3n) is 11.2. The van der Waals surface area contributed by atoms with E-state index in [9.17, 15) is 41.0 Å². The van der Waals surface area contributed by atoms with E-state index in [0.29, 0.717) is 85.6 Å². The molecule has 62 heavy (non-hydrogen) atoms. The van der Waals surface area contributed by atoms with E-state index in [2.05, 4.69) is 25.5 Å². The lowest BCUT2D eigenvalue weighted by Crippen LogP contribution is -2.40. The number of fused-ring (bicyclic) bond motifs is 2. The topological polar surface area (TPSA) is 158 Å². The molecule has 2 aliphatic heterocycles. The van der Waals surface area contributed by atoms with Gasteiger partial charge in [-0.2, -0.15) is 15.5 Å².